The van der Waals surface area contributed by atoms with E-state index in [9.17, 15) is 13.2 Å². The predicted octanol–water partition coefficient (Wildman–Crippen LogP) is 2.57. The number of hydrogen-bond acceptors (Lipinski definition) is 4. The molecule has 2 aromatic heterocycles. The summed E-state index contributed by atoms with van der Waals surface area (Å²) in [4.78, 5) is 0. The third-order valence-corrected chi connectivity index (χ3v) is 2.82. The van der Waals surface area contributed by atoms with Crippen LogP contribution in [0.25, 0.3) is 0 Å². The van der Waals surface area contributed by atoms with E-state index in [1.165, 1.54) is 6.07 Å². The van der Waals surface area contributed by atoms with Crippen LogP contribution in [-0.2, 0) is 12.6 Å². The molecule has 20 heavy (non-hydrogen) atoms. The lowest BCUT2D eigenvalue weighted by Gasteiger charge is -2.07. The fraction of sp³-hybridized carbons (Fsp3) is 0.417. The molecule has 5 nitrogen and oxygen atoms in total. The summed E-state index contributed by atoms with van der Waals surface area (Å²) < 4.78 is 36.9. The van der Waals surface area contributed by atoms with Crippen molar-refractivity contribution in [3.63, 3.8) is 0 Å². The first-order valence-electron chi connectivity index (χ1n) is 6.10. The molecule has 8 heteroatoms. The molecule has 0 saturated heterocycles. The normalized spacial score (nSPS) is 11.6. The zero-order valence-corrected chi connectivity index (χ0v) is 10.8. The maximum absolute atomic E-state index is 12.3. The Bertz CT molecular complexity index is 547. The molecule has 0 unspecified atom stereocenters. The van der Waals surface area contributed by atoms with Crippen molar-refractivity contribution in [1.82, 2.24) is 20.4 Å². The number of rotatable bonds is 5. The molecule has 0 saturated carbocycles. The number of anilines is 1. The van der Waals surface area contributed by atoms with Gasteiger partial charge in [-0.1, -0.05) is 0 Å². The number of aromatic nitrogens is 4. The van der Waals surface area contributed by atoms with Crippen molar-refractivity contribution in [2.75, 3.05) is 11.9 Å². The van der Waals surface area contributed by atoms with Crippen LogP contribution in [0.1, 0.15) is 23.4 Å². The molecule has 0 radical (unpaired) electrons. The zero-order valence-electron chi connectivity index (χ0n) is 10.8. The number of nitrogens with one attached hydrogen (secondary N) is 2. The van der Waals surface area contributed by atoms with Gasteiger partial charge in [0, 0.05) is 12.2 Å². The quantitative estimate of drug-likeness (QED) is 0.829. The van der Waals surface area contributed by atoms with Gasteiger partial charge in [0.15, 0.2) is 5.69 Å². The molecule has 0 amide bonds. The lowest BCUT2D eigenvalue weighted by molar-refractivity contribution is -0.141. The average molecular weight is 285 g/mol. The minimum atomic E-state index is -4.45. The van der Waals surface area contributed by atoms with Crippen LogP contribution < -0.4 is 5.32 Å². The van der Waals surface area contributed by atoms with Gasteiger partial charge in [0.1, 0.15) is 5.82 Å². The van der Waals surface area contributed by atoms with Gasteiger partial charge in [-0.2, -0.15) is 18.3 Å². The summed E-state index contributed by atoms with van der Waals surface area (Å²) in [5.41, 5.74) is 1.17. The Morgan fingerprint density at radius 2 is 2.05 bits per heavy atom. The lowest BCUT2D eigenvalue weighted by atomic mass is 10.1. The summed E-state index contributed by atoms with van der Waals surface area (Å²) in [6.07, 6.45) is -1.02. The molecule has 0 aliphatic rings. The van der Waals surface area contributed by atoms with Gasteiger partial charge in [0.2, 0.25) is 0 Å². The minimum absolute atomic E-state index is 0.335. The van der Waals surface area contributed by atoms with Crippen molar-refractivity contribution in [3.8, 4) is 0 Å². The van der Waals surface area contributed by atoms with Crippen molar-refractivity contribution in [1.29, 1.82) is 0 Å². The SMILES string of the molecule is Cc1[nH]ncc1CCCNc1ccc(C(F)(F)F)nn1. The second-order valence-corrected chi connectivity index (χ2v) is 4.35. The van der Waals surface area contributed by atoms with E-state index in [-0.39, 0.29) is 0 Å². The molecule has 0 aliphatic carbocycles. The Morgan fingerprint density at radius 1 is 1.25 bits per heavy atom. The van der Waals surface area contributed by atoms with Crippen LogP contribution in [0.15, 0.2) is 18.3 Å². The molecule has 0 aliphatic heterocycles. The van der Waals surface area contributed by atoms with Crippen molar-refractivity contribution < 1.29 is 13.2 Å². The second kappa shape index (κ2) is 5.89. The van der Waals surface area contributed by atoms with Crippen LogP contribution in [0.5, 0.6) is 0 Å². The first-order chi connectivity index (χ1) is 9.47. The Kier molecular flexibility index (Phi) is 4.21. The van der Waals surface area contributed by atoms with Crippen molar-refractivity contribution in [3.05, 3.63) is 35.3 Å². The Labute approximate surface area is 113 Å². The summed E-state index contributed by atoms with van der Waals surface area (Å²) >= 11 is 0. The molecule has 0 bridgehead atoms. The van der Waals surface area contributed by atoms with Gasteiger partial charge in [0.05, 0.1) is 6.20 Å². The predicted molar refractivity (Wildman–Crippen MR) is 67.2 cm³/mol. The van der Waals surface area contributed by atoms with E-state index in [0.717, 1.165) is 30.2 Å². The monoisotopic (exact) mass is 285 g/mol. The van der Waals surface area contributed by atoms with E-state index < -0.39 is 11.9 Å². The Morgan fingerprint density at radius 3 is 2.60 bits per heavy atom. The maximum Gasteiger partial charge on any atom is 0.435 e. The third-order valence-electron chi connectivity index (χ3n) is 2.82. The van der Waals surface area contributed by atoms with Gasteiger partial charge in [-0.15, -0.1) is 10.2 Å². The fourth-order valence-electron chi connectivity index (χ4n) is 1.70. The van der Waals surface area contributed by atoms with Crippen molar-refractivity contribution >= 4 is 5.82 Å². The number of aryl methyl sites for hydroxylation is 2. The van der Waals surface area contributed by atoms with Crippen LogP contribution >= 0.6 is 0 Å². The summed E-state index contributed by atoms with van der Waals surface area (Å²) in [5.74, 6) is 0.335. The van der Waals surface area contributed by atoms with Gasteiger partial charge < -0.3 is 5.32 Å². The van der Waals surface area contributed by atoms with Gasteiger partial charge in [-0.3, -0.25) is 5.10 Å². The average Bonchev–Trinajstić information content (AvgIpc) is 2.80. The minimum Gasteiger partial charge on any atom is -0.369 e. The first-order valence-corrected chi connectivity index (χ1v) is 6.10. The summed E-state index contributed by atoms with van der Waals surface area (Å²) in [5, 5.41) is 16.3. The number of H-pyrrole nitrogens is 1. The van der Waals surface area contributed by atoms with Crippen molar-refractivity contribution in [2.45, 2.75) is 25.9 Å². The highest BCUT2D eigenvalue weighted by atomic mass is 19.4. The second-order valence-electron chi connectivity index (χ2n) is 4.35. The highest BCUT2D eigenvalue weighted by Gasteiger charge is 2.32. The molecule has 2 rings (SSSR count). The summed E-state index contributed by atoms with van der Waals surface area (Å²) in [6.45, 7) is 2.54. The van der Waals surface area contributed by atoms with Gasteiger partial charge in [-0.05, 0) is 37.5 Å². The molecule has 0 fully saturated rings. The molecule has 0 aromatic carbocycles. The standard InChI is InChI=1S/C12H14F3N5/c1-8-9(7-17-18-8)3-2-6-16-11-5-4-10(19-20-11)12(13,14)15/h4-5,7H,2-3,6H2,1H3,(H,16,20)(H,17,18). The first kappa shape index (κ1) is 14.3. The Balaban J connectivity index is 1.78. The van der Waals surface area contributed by atoms with E-state index in [0.29, 0.717) is 12.4 Å². The molecule has 0 atom stereocenters. The van der Waals surface area contributed by atoms with Crippen LogP contribution in [0, 0.1) is 6.92 Å². The largest absolute Gasteiger partial charge is 0.435 e. The number of halogens is 3. The molecule has 0 spiro atoms. The molecule has 2 N–H and O–H groups in total. The molecule has 108 valence electrons. The van der Waals surface area contributed by atoms with E-state index in [1.807, 2.05) is 6.92 Å². The number of hydrogen-bond donors (Lipinski definition) is 2. The van der Waals surface area contributed by atoms with Crippen LogP contribution in [-0.4, -0.2) is 26.9 Å². The van der Waals surface area contributed by atoms with Crippen LogP contribution in [0.2, 0.25) is 0 Å². The Hall–Kier alpha value is -2.12. The third kappa shape index (κ3) is 3.69. The van der Waals surface area contributed by atoms with Gasteiger partial charge in [0.25, 0.3) is 0 Å². The van der Waals surface area contributed by atoms with E-state index in [1.54, 1.807) is 6.20 Å². The fourth-order valence-corrected chi connectivity index (χ4v) is 1.70. The zero-order chi connectivity index (χ0) is 14.6. The van der Waals surface area contributed by atoms with Gasteiger partial charge in [-0.25, -0.2) is 0 Å². The topological polar surface area (TPSA) is 66.5 Å². The smallest absolute Gasteiger partial charge is 0.369 e. The summed E-state index contributed by atoms with van der Waals surface area (Å²) in [7, 11) is 0. The van der Waals surface area contributed by atoms with E-state index in [2.05, 4.69) is 25.7 Å². The van der Waals surface area contributed by atoms with Crippen molar-refractivity contribution in [2.24, 2.45) is 0 Å². The van der Waals surface area contributed by atoms with E-state index in [4.69, 9.17) is 0 Å². The molecular weight excluding hydrogens is 271 g/mol. The number of nitrogens with zero attached hydrogens (tertiary/aromatic N) is 3. The summed E-state index contributed by atoms with van der Waals surface area (Å²) in [6, 6.07) is 2.19. The molecule has 2 aromatic rings. The molecule has 2 heterocycles. The maximum atomic E-state index is 12.3. The highest BCUT2D eigenvalue weighted by Crippen LogP contribution is 2.26. The molecular formula is C12H14F3N5. The highest BCUT2D eigenvalue weighted by molar-refractivity contribution is 5.33. The number of alkyl halides is 3. The van der Waals surface area contributed by atoms with Crippen LogP contribution in [0.4, 0.5) is 19.0 Å². The number of aromatic amines is 1. The van der Waals surface area contributed by atoms with Crippen LogP contribution in [0.3, 0.4) is 0 Å². The van der Waals surface area contributed by atoms with Gasteiger partial charge >= 0.3 is 6.18 Å². The lowest BCUT2D eigenvalue weighted by Crippen LogP contribution is -2.11. The van der Waals surface area contributed by atoms with E-state index >= 15 is 0 Å².